The Morgan fingerprint density at radius 2 is 1.87 bits per heavy atom. The lowest BCUT2D eigenvalue weighted by Gasteiger charge is -2.10. The van der Waals surface area contributed by atoms with Crippen LogP contribution in [0, 0.1) is 11.3 Å². The molecule has 15 heavy (non-hydrogen) atoms. The van der Waals surface area contributed by atoms with Gasteiger partial charge in [-0.3, -0.25) is 0 Å². The van der Waals surface area contributed by atoms with E-state index in [0.29, 0.717) is 18.3 Å². The maximum absolute atomic E-state index is 8.65. The molecule has 0 bridgehead atoms. The molecule has 0 spiro atoms. The maximum atomic E-state index is 8.65. The summed E-state index contributed by atoms with van der Waals surface area (Å²) in [5, 5.41) is 8.65. The van der Waals surface area contributed by atoms with Crippen molar-refractivity contribution in [1.29, 1.82) is 5.26 Å². The van der Waals surface area contributed by atoms with Crippen molar-refractivity contribution in [3.63, 3.8) is 0 Å². The van der Waals surface area contributed by atoms with Crippen LogP contribution in [0.1, 0.15) is 36.8 Å². The molecule has 0 N–H and O–H groups in total. The Balaban J connectivity index is 1.85. The zero-order chi connectivity index (χ0) is 10.5. The van der Waals surface area contributed by atoms with Crippen molar-refractivity contribution in [1.82, 2.24) is 0 Å². The molecule has 0 aromatic heterocycles. The summed E-state index contributed by atoms with van der Waals surface area (Å²) in [6.45, 7) is 0.677. The van der Waals surface area contributed by atoms with Crippen molar-refractivity contribution in [2.75, 3.05) is 0 Å². The van der Waals surface area contributed by atoms with Gasteiger partial charge in [0, 0.05) is 0 Å². The topological polar surface area (TPSA) is 33.0 Å². The van der Waals surface area contributed by atoms with E-state index in [4.69, 9.17) is 10.00 Å². The molecule has 0 radical (unpaired) electrons. The first-order valence-electron chi connectivity index (χ1n) is 5.49. The highest BCUT2D eigenvalue weighted by atomic mass is 16.5. The number of benzene rings is 1. The summed E-state index contributed by atoms with van der Waals surface area (Å²) in [4.78, 5) is 0. The van der Waals surface area contributed by atoms with Gasteiger partial charge in [0.1, 0.15) is 0 Å². The van der Waals surface area contributed by atoms with Crippen molar-refractivity contribution in [2.45, 2.75) is 38.4 Å². The van der Waals surface area contributed by atoms with Gasteiger partial charge in [0.05, 0.1) is 24.3 Å². The number of nitriles is 1. The van der Waals surface area contributed by atoms with Crippen molar-refractivity contribution >= 4 is 0 Å². The first kappa shape index (κ1) is 10.2. The summed E-state index contributed by atoms with van der Waals surface area (Å²) < 4.78 is 5.78. The van der Waals surface area contributed by atoms with Gasteiger partial charge in [-0.1, -0.05) is 25.0 Å². The predicted octanol–water partition coefficient (Wildman–Crippen LogP) is 3.02. The van der Waals surface area contributed by atoms with Crippen LogP contribution < -0.4 is 0 Å². The molecule has 1 aromatic rings. The van der Waals surface area contributed by atoms with E-state index in [-0.39, 0.29) is 0 Å². The Labute approximate surface area is 90.5 Å². The highest BCUT2D eigenvalue weighted by Gasteiger charge is 2.14. The SMILES string of the molecule is N#Cc1ccc(COC2CCCC2)cc1. The quantitative estimate of drug-likeness (QED) is 0.753. The summed E-state index contributed by atoms with van der Waals surface area (Å²) in [5.74, 6) is 0. The summed E-state index contributed by atoms with van der Waals surface area (Å²) in [5.41, 5.74) is 1.86. The standard InChI is InChI=1S/C13H15NO/c14-9-11-5-7-12(8-6-11)10-15-13-3-1-2-4-13/h5-8,13H,1-4,10H2. The van der Waals surface area contributed by atoms with Crippen molar-refractivity contribution < 1.29 is 4.74 Å². The predicted molar refractivity (Wildman–Crippen MR) is 58.2 cm³/mol. The zero-order valence-corrected chi connectivity index (χ0v) is 8.78. The Kier molecular flexibility index (Phi) is 3.37. The van der Waals surface area contributed by atoms with E-state index in [1.165, 1.54) is 25.7 Å². The minimum absolute atomic E-state index is 0.459. The molecule has 2 rings (SSSR count). The normalized spacial score (nSPS) is 16.5. The number of nitrogens with zero attached hydrogens (tertiary/aromatic N) is 1. The second kappa shape index (κ2) is 4.95. The van der Waals surface area contributed by atoms with E-state index in [1.807, 2.05) is 24.3 Å². The van der Waals surface area contributed by atoms with Crippen LogP contribution in [0.15, 0.2) is 24.3 Å². The van der Waals surface area contributed by atoms with Gasteiger partial charge >= 0.3 is 0 Å². The van der Waals surface area contributed by atoms with Crippen molar-refractivity contribution in [3.8, 4) is 6.07 Å². The smallest absolute Gasteiger partial charge is 0.0991 e. The molecular weight excluding hydrogens is 186 g/mol. The Hall–Kier alpha value is -1.33. The third-order valence-corrected chi connectivity index (χ3v) is 2.87. The molecule has 1 fully saturated rings. The molecule has 0 atom stereocenters. The first-order valence-corrected chi connectivity index (χ1v) is 5.49. The second-order valence-electron chi connectivity index (χ2n) is 4.03. The van der Waals surface area contributed by atoms with Gasteiger partial charge in [-0.2, -0.15) is 5.26 Å². The zero-order valence-electron chi connectivity index (χ0n) is 8.78. The summed E-state index contributed by atoms with van der Waals surface area (Å²) in [6, 6.07) is 9.72. The highest BCUT2D eigenvalue weighted by Crippen LogP contribution is 2.22. The molecule has 2 heteroatoms. The van der Waals surface area contributed by atoms with Crippen LogP contribution in [0.5, 0.6) is 0 Å². The van der Waals surface area contributed by atoms with E-state index in [2.05, 4.69) is 6.07 Å². The van der Waals surface area contributed by atoms with Crippen LogP contribution in [0.3, 0.4) is 0 Å². The lowest BCUT2D eigenvalue weighted by molar-refractivity contribution is 0.0457. The van der Waals surface area contributed by atoms with E-state index in [0.717, 1.165) is 5.56 Å². The van der Waals surface area contributed by atoms with Crippen LogP contribution in [0.4, 0.5) is 0 Å². The van der Waals surface area contributed by atoms with Crippen LogP contribution in [0.25, 0.3) is 0 Å². The fourth-order valence-electron chi connectivity index (χ4n) is 1.94. The highest BCUT2D eigenvalue weighted by molar-refractivity contribution is 5.31. The van der Waals surface area contributed by atoms with Gasteiger partial charge in [0.25, 0.3) is 0 Å². The second-order valence-corrected chi connectivity index (χ2v) is 4.03. The van der Waals surface area contributed by atoms with Crippen LogP contribution in [-0.4, -0.2) is 6.10 Å². The molecule has 1 aliphatic carbocycles. The molecule has 0 amide bonds. The lowest BCUT2D eigenvalue weighted by Crippen LogP contribution is -2.06. The van der Waals surface area contributed by atoms with Crippen LogP contribution >= 0.6 is 0 Å². The fourth-order valence-corrected chi connectivity index (χ4v) is 1.94. The first-order chi connectivity index (χ1) is 7.38. The van der Waals surface area contributed by atoms with Crippen molar-refractivity contribution in [2.24, 2.45) is 0 Å². The van der Waals surface area contributed by atoms with E-state index in [9.17, 15) is 0 Å². The Bertz CT molecular complexity index is 344. The summed E-state index contributed by atoms with van der Waals surface area (Å²) in [6.07, 6.45) is 5.48. The number of hydrogen-bond acceptors (Lipinski definition) is 2. The lowest BCUT2D eigenvalue weighted by atomic mass is 10.1. The molecule has 0 heterocycles. The molecule has 78 valence electrons. The van der Waals surface area contributed by atoms with Gasteiger partial charge in [0.15, 0.2) is 0 Å². The Morgan fingerprint density at radius 3 is 2.47 bits per heavy atom. The Morgan fingerprint density at radius 1 is 1.20 bits per heavy atom. The molecular formula is C13H15NO. The maximum Gasteiger partial charge on any atom is 0.0991 e. The summed E-state index contributed by atoms with van der Waals surface area (Å²) in [7, 11) is 0. The molecule has 0 saturated heterocycles. The number of hydrogen-bond donors (Lipinski definition) is 0. The number of rotatable bonds is 3. The van der Waals surface area contributed by atoms with Gasteiger partial charge in [-0.05, 0) is 30.5 Å². The molecule has 1 aliphatic rings. The molecule has 1 aromatic carbocycles. The minimum atomic E-state index is 0.459. The largest absolute Gasteiger partial charge is 0.374 e. The average molecular weight is 201 g/mol. The van der Waals surface area contributed by atoms with Crippen molar-refractivity contribution in [3.05, 3.63) is 35.4 Å². The van der Waals surface area contributed by atoms with Crippen LogP contribution in [-0.2, 0) is 11.3 Å². The molecule has 0 unspecified atom stereocenters. The number of ether oxygens (including phenoxy) is 1. The minimum Gasteiger partial charge on any atom is -0.374 e. The monoisotopic (exact) mass is 201 g/mol. The average Bonchev–Trinajstić information content (AvgIpc) is 2.80. The van der Waals surface area contributed by atoms with E-state index < -0.39 is 0 Å². The molecule has 0 aliphatic heterocycles. The van der Waals surface area contributed by atoms with E-state index >= 15 is 0 Å². The van der Waals surface area contributed by atoms with Gasteiger partial charge in [-0.15, -0.1) is 0 Å². The fraction of sp³-hybridized carbons (Fsp3) is 0.462. The third-order valence-electron chi connectivity index (χ3n) is 2.87. The van der Waals surface area contributed by atoms with Gasteiger partial charge in [0.2, 0.25) is 0 Å². The van der Waals surface area contributed by atoms with Gasteiger partial charge in [-0.25, -0.2) is 0 Å². The van der Waals surface area contributed by atoms with E-state index in [1.54, 1.807) is 0 Å². The molecule has 2 nitrogen and oxygen atoms in total. The molecule has 1 saturated carbocycles. The van der Waals surface area contributed by atoms with Gasteiger partial charge < -0.3 is 4.74 Å². The summed E-state index contributed by atoms with van der Waals surface area (Å²) >= 11 is 0. The van der Waals surface area contributed by atoms with Crippen LogP contribution in [0.2, 0.25) is 0 Å². The third kappa shape index (κ3) is 2.81.